The van der Waals surface area contributed by atoms with Crippen LogP contribution in [-0.4, -0.2) is 18.9 Å². The number of ketones is 1. The van der Waals surface area contributed by atoms with Gasteiger partial charge in [-0.3, -0.25) is 4.79 Å². The number of rotatable bonds is 4. The minimum atomic E-state index is -0.0400. The highest BCUT2D eigenvalue weighted by atomic mass is 16.1. The van der Waals surface area contributed by atoms with Crippen LogP contribution in [0.15, 0.2) is 18.2 Å². The lowest BCUT2D eigenvalue weighted by Gasteiger charge is -2.25. The summed E-state index contributed by atoms with van der Waals surface area (Å²) in [7, 11) is 1.91. The number of benzene rings is 1. The molecule has 1 aromatic rings. The topological polar surface area (TPSA) is 70.1 Å². The molecule has 0 aliphatic heterocycles. The Hall–Kier alpha value is -2.02. The fraction of sp³-hybridized carbons (Fsp3) is 0.385. The van der Waals surface area contributed by atoms with Crippen molar-refractivity contribution in [1.82, 2.24) is 0 Å². The van der Waals surface area contributed by atoms with Crippen molar-refractivity contribution in [1.29, 1.82) is 5.26 Å². The summed E-state index contributed by atoms with van der Waals surface area (Å²) in [5.74, 6) is -0.0400. The lowest BCUT2D eigenvalue weighted by Crippen LogP contribution is -2.28. The van der Waals surface area contributed by atoms with Gasteiger partial charge in [0.25, 0.3) is 0 Å². The molecule has 4 nitrogen and oxygen atoms in total. The smallest absolute Gasteiger partial charge is 0.161 e. The summed E-state index contributed by atoms with van der Waals surface area (Å²) in [4.78, 5) is 13.2. The number of Topliss-reactive ketones (excluding diaryl/α,β-unsaturated/α-hetero) is 1. The van der Waals surface area contributed by atoms with E-state index in [1.807, 2.05) is 24.9 Å². The van der Waals surface area contributed by atoms with Crippen molar-refractivity contribution in [2.45, 2.75) is 26.3 Å². The van der Waals surface area contributed by atoms with Crippen LogP contribution >= 0.6 is 0 Å². The third-order valence-corrected chi connectivity index (χ3v) is 2.87. The van der Waals surface area contributed by atoms with Crippen molar-refractivity contribution in [3.63, 3.8) is 0 Å². The molecule has 4 heteroatoms. The summed E-state index contributed by atoms with van der Waals surface area (Å²) in [5.41, 5.74) is 7.75. The molecule has 90 valence electrons. The molecule has 0 radical (unpaired) electrons. The van der Waals surface area contributed by atoms with Crippen LogP contribution in [0, 0.1) is 11.3 Å². The highest BCUT2D eigenvalue weighted by Gasteiger charge is 2.12. The molecule has 0 saturated heterocycles. The van der Waals surface area contributed by atoms with E-state index in [0.29, 0.717) is 17.7 Å². The summed E-state index contributed by atoms with van der Waals surface area (Å²) >= 11 is 0. The van der Waals surface area contributed by atoms with Crippen molar-refractivity contribution >= 4 is 17.2 Å². The summed E-state index contributed by atoms with van der Waals surface area (Å²) in [5, 5.41) is 8.66. The van der Waals surface area contributed by atoms with Gasteiger partial charge in [0.2, 0.25) is 0 Å². The Labute approximate surface area is 102 Å². The zero-order valence-corrected chi connectivity index (χ0v) is 10.4. The van der Waals surface area contributed by atoms with Crippen LogP contribution in [0.3, 0.4) is 0 Å². The van der Waals surface area contributed by atoms with Crippen LogP contribution in [0.2, 0.25) is 0 Å². The molecule has 0 heterocycles. The van der Waals surface area contributed by atoms with Gasteiger partial charge in [0, 0.05) is 30.0 Å². The molecule has 0 aliphatic carbocycles. The van der Waals surface area contributed by atoms with Gasteiger partial charge in [-0.2, -0.15) is 5.26 Å². The average Bonchev–Trinajstić information content (AvgIpc) is 2.27. The van der Waals surface area contributed by atoms with E-state index < -0.39 is 0 Å². The van der Waals surface area contributed by atoms with E-state index in [1.165, 1.54) is 6.92 Å². The van der Waals surface area contributed by atoms with Crippen LogP contribution in [0.5, 0.6) is 0 Å². The minimum Gasteiger partial charge on any atom is -0.398 e. The SMILES string of the molecule is CC(=O)c1ccc(N(C)C(C)CC#N)cc1N. The van der Waals surface area contributed by atoms with E-state index in [-0.39, 0.29) is 11.8 Å². The maximum Gasteiger partial charge on any atom is 0.161 e. The second kappa shape index (κ2) is 5.35. The molecule has 1 aromatic carbocycles. The first-order valence-corrected chi connectivity index (χ1v) is 5.47. The standard InChI is InChI=1S/C13H17N3O/c1-9(6-7-14)16(3)11-4-5-12(10(2)17)13(15)8-11/h4-5,8-9H,6,15H2,1-3H3. The lowest BCUT2D eigenvalue weighted by atomic mass is 10.1. The zero-order chi connectivity index (χ0) is 13.0. The second-order valence-corrected chi connectivity index (χ2v) is 4.15. The minimum absolute atomic E-state index is 0.0400. The second-order valence-electron chi connectivity index (χ2n) is 4.15. The fourth-order valence-electron chi connectivity index (χ4n) is 1.61. The number of hydrogen-bond acceptors (Lipinski definition) is 4. The molecular weight excluding hydrogens is 214 g/mol. The number of hydrogen-bond donors (Lipinski definition) is 1. The third-order valence-electron chi connectivity index (χ3n) is 2.87. The predicted molar refractivity (Wildman–Crippen MR) is 69.0 cm³/mol. The summed E-state index contributed by atoms with van der Waals surface area (Å²) in [6, 6.07) is 7.59. The van der Waals surface area contributed by atoms with Crippen molar-refractivity contribution in [3.8, 4) is 6.07 Å². The van der Waals surface area contributed by atoms with E-state index in [4.69, 9.17) is 11.0 Å². The Balaban J connectivity index is 2.98. The number of nitrogens with zero attached hydrogens (tertiary/aromatic N) is 2. The van der Waals surface area contributed by atoms with Gasteiger partial charge in [-0.15, -0.1) is 0 Å². The molecule has 0 fully saturated rings. The van der Waals surface area contributed by atoms with Gasteiger partial charge in [0.05, 0.1) is 12.5 Å². The van der Waals surface area contributed by atoms with Crippen LogP contribution in [0.1, 0.15) is 30.6 Å². The molecule has 17 heavy (non-hydrogen) atoms. The zero-order valence-electron chi connectivity index (χ0n) is 10.4. The highest BCUT2D eigenvalue weighted by molar-refractivity contribution is 5.99. The van der Waals surface area contributed by atoms with Gasteiger partial charge >= 0.3 is 0 Å². The highest BCUT2D eigenvalue weighted by Crippen LogP contribution is 2.23. The van der Waals surface area contributed by atoms with Gasteiger partial charge in [-0.05, 0) is 32.0 Å². The summed E-state index contributed by atoms with van der Waals surface area (Å²) < 4.78 is 0. The van der Waals surface area contributed by atoms with E-state index in [0.717, 1.165) is 5.69 Å². The van der Waals surface area contributed by atoms with Crippen LogP contribution in [0.4, 0.5) is 11.4 Å². The van der Waals surface area contributed by atoms with Crippen LogP contribution in [-0.2, 0) is 0 Å². The number of nitrogens with two attached hydrogens (primary N) is 1. The molecule has 0 aromatic heterocycles. The van der Waals surface area contributed by atoms with Gasteiger partial charge in [0.15, 0.2) is 5.78 Å². The predicted octanol–water partition coefficient (Wildman–Crippen LogP) is 2.21. The molecule has 0 spiro atoms. The van der Waals surface area contributed by atoms with Crippen LogP contribution < -0.4 is 10.6 Å². The van der Waals surface area contributed by atoms with E-state index in [2.05, 4.69) is 6.07 Å². The maximum absolute atomic E-state index is 11.2. The first-order chi connectivity index (χ1) is 7.97. The molecule has 0 amide bonds. The molecule has 1 atom stereocenters. The monoisotopic (exact) mass is 231 g/mol. The number of nitrogen functional groups attached to an aromatic ring is 1. The third kappa shape index (κ3) is 2.97. The molecule has 2 N–H and O–H groups in total. The van der Waals surface area contributed by atoms with Gasteiger partial charge in [-0.1, -0.05) is 0 Å². The largest absolute Gasteiger partial charge is 0.398 e. The van der Waals surface area contributed by atoms with E-state index in [9.17, 15) is 4.79 Å². The van der Waals surface area contributed by atoms with E-state index in [1.54, 1.807) is 12.1 Å². The molecule has 0 saturated carbocycles. The molecule has 0 bridgehead atoms. The van der Waals surface area contributed by atoms with Crippen LogP contribution in [0.25, 0.3) is 0 Å². The Morgan fingerprint density at radius 2 is 2.24 bits per heavy atom. The Kier molecular flexibility index (Phi) is 4.11. The number of carbonyl (C=O) groups excluding carboxylic acids is 1. The molecular formula is C13H17N3O. The molecule has 0 aliphatic rings. The molecule has 1 rings (SSSR count). The van der Waals surface area contributed by atoms with Gasteiger partial charge in [-0.25, -0.2) is 0 Å². The maximum atomic E-state index is 11.2. The van der Waals surface area contributed by atoms with Crippen molar-refractivity contribution in [2.24, 2.45) is 0 Å². The first-order valence-electron chi connectivity index (χ1n) is 5.47. The number of nitriles is 1. The Bertz CT molecular complexity index is 462. The Morgan fingerprint density at radius 3 is 2.71 bits per heavy atom. The summed E-state index contributed by atoms with van der Waals surface area (Å²) in [6.45, 7) is 3.46. The van der Waals surface area contributed by atoms with Gasteiger partial charge in [0.1, 0.15) is 0 Å². The molecule has 1 unspecified atom stereocenters. The van der Waals surface area contributed by atoms with Crippen molar-refractivity contribution in [2.75, 3.05) is 17.7 Å². The number of anilines is 2. The number of carbonyl (C=O) groups is 1. The van der Waals surface area contributed by atoms with Crippen molar-refractivity contribution < 1.29 is 4.79 Å². The lowest BCUT2D eigenvalue weighted by molar-refractivity contribution is 0.101. The van der Waals surface area contributed by atoms with Gasteiger partial charge < -0.3 is 10.6 Å². The first kappa shape index (κ1) is 13.0. The quantitative estimate of drug-likeness (QED) is 0.637. The van der Waals surface area contributed by atoms with Crippen molar-refractivity contribution in [3.05, 3.63) is 23.8 Å². The fourth-order valence-corrected chi connectivity index (χ4v) is 1.61. The normalized spacial score (nSPS) is 11.6. The average molecular weight is 231 g/mol. The Morgan fingerprint density at radius 1 is 1.59 bits per heavy atom. The summed E-state index contributed by atoms with van der Waals surface area (Å²) in [6.07, 6.45) is 0.449. The van der Waals surface area contributed by atoms with E-state index >= 15 is 0 Å².